The quantitative estimate of drug-likeness (QED) is 0.403. The minimum Gasteiger partial charge on any atom is -0.490 e. The average molecular weight is 425 g/mol. The standard InChI is InChI=1S/C25H23N5O2/c1-3-13-32-20-10-9-17(2)21(16-20)19-11-12-26-22(15-19)28-25(31)24-27-23(29-30-24)14-18-7-5-4-6-8-18/h3-12,15-16H,1,13-14H2,2H3,(H,26,28,31)(H,27,29,30). The number of hydrogen-bond donors (Lipinski definition) is 2. The lowest BCUT2D eigenvalue weighted by Crippen LogP contribution is -2.14. The monoisotopic (exact) mass is 425 g/mol. The van der Waals surface area contributed by atoms with Gasteiger partial charge in [-0.1, -0.05) is 49.1 Å². The van der Waals surface area contributed by atoms with Gasteiger partial charge in [-0.15, -0.1) is 10.2 Å². The summed E-state index contributed by atoms with van der Waals surface area (Å²) in [5.74, 6) is 1.53. The molecule has 7 heteroatoms. The number of pyridine rings is 1. The van der Waals surface area contributed by atoms with Crippen LogP contribution in [0.25, 0.3) is 11.1 Å². The number of anilines is 1. The van der Waals surface area contributed by atoms with Crippen molar-refractivity contribution in [2.45, 2.75) is 13.3 Å². The second-order valence-corrected chi connectivity index (χ2v) is 7.24. The molecule has 0 fully saturated rings. The summed E-state index contributed by atoms with van der Waals surface area (Å²) < 4.78 is 5.65. The molecule has 0 aliphatic carbocycles. The van der Waals surface area contributed by atoms with Gasteiger partial charge in [0.25, 0.3) is 5.91 Å². The molecule has 4 rings (SSSR count). The van der Waals surface area contributed by atoms with Gasteiger partial charge in [-0.3, -0.25) is 4.79 Å². The summed E-state index contributed by atoms with van der Waals surface area (Å²) in [6.45, 7) is 6.13. The average Bonchev–Trinajstić information content (AvgIpc) is 3.28. The number of aromatic nitrogens is 4. The molecule has 0 aliphatic rings. The van der Waals surface area contributed by atoms with Gasteiger partial charge in [0.05, 0.1) is 0 Å². The van der Waals surface area contributed by atoms with E-state index in [1.54, 1.807) is 12.3 Å². The number of amides is 1. The molecule has 0 saturated heterocycles. The summed E-state index contributed by atoms with van der Waals surface area (Å²) in [5, 5.41) is 10.8. The van der Waals surface area contributed by atoms with Crippen LogP contribution in [-0.2, 0) is 6.42 Å². The van der Waals surface area contributed by atoms with Gasteiger partial charge in [-0.2, -0.15) is 0 Å². The normalized spacial score (nSPS) is 10.5. The third-order valence-corrected chi connectivity index (χ3v) is 4.85. The molecule has 2 aromatic carbocycles. The molecular formula is C25H23N5O2. The molecule has 0 radical (unpaired) electrons. The summed E-state index contributed by atoms with van der Waals surface area (Å²) in [5.41, 5.74) is 4.08. The summed E-state index contributed by atoms with van der Waals surface area (Å²) in [6, 6.07) is 19.5. The molecule has 0 atom stereocenters. The molecular weight excluding hydrogens is 402 g/mol. The zero-order valence-corrected chi connectivity index (χ0v) is 17.7. The number of ether oxygens (including phenoxy) is 1. The van der Waals surface area contributed by atoms with Gasteiger partial charge in [0, 0.05) is 12.6 Å². The van der Waals surface area contributed by atoms with Crippen molar-refractivity contribution in [2.75, 3.05) is 11.9 Å². The van der Waals surface area contributed by atoms with E-state index in [-0.39, 0.29) is 5.82 Å². The van der Waals surface area contributed by atoms with E-state index in [1.165, 1.54) is 0 Å². The van der Waals surface area contributed by atoms with Crippen LogP contribution in [-0.4, -0.2) is 32.7 Å². The summed E-state index contributed by atoms with van der Waals surface area (Å²) in [4.78, 5) is 19.9. The lowest BCUT2D eigenvalue weighted by molar-refractivity contribution is 0.101. The number of carbonyl (C=O) groups is 1. The molecule has 7 nitrogen and oxygen atoms in total. The Hall–Kier alpha value is -4.26. The van der Waals surface area contributed by atoms with Crippen LogP contribution < -0.4 is 10.1 Å². The van der Waals surface area contributed by atoms with Crippen LogP contribution in [0.1, 0.15) is 27.6 Å². The van der Waals surface area contributed by atoms with Gasteiger partial charge in [0.2, 0.25) is 5.82 Å². The van der Waals surface area contributed by atoms with Gasteiger partial charge in [0.1, 0.15) is 24.0 Å². The highest BCUT2D eigenvalue weighted by atomic mass is 16.5. The fraction of sp³-hybridized carbons (Fsp3) is 0.120. The number of benzene rings is 2. The van der Waals surface area contributed by atoms with E-state index in [9.17, 15) is 4.79 Å². The fourth-order valence-electron chi connectivity index (χ4n) is 3.27. The Bertz CT molecular complexity index is 1230. The molecule has 2 heterocycles. The first-order valence-corrected chi connectivity index (χ1v) is 10.2. The fourth-order valence-corrected chi connectivity index (χ4v) is 3.27. The van der Waals surface area contributed by atoms with Crippen LogP contribution >= 0.6 is 0 Å². The van der Waals surface area contributed by atoms with E-state index in [0.717, 1.165) is 28.0 Å². The molecule has 0 aliphatic heterocycles. The van der Waals surface area contributed by atoms with E-state index >= 15 is 0 Å². The smallest absolute Gasteiger partial charge is 0.294 e. The van der Waals surface area contributed by atoms with Crippen molar-refractivity contribution in [2.24, 2.45) is 0 Å². The lowest BCUT2D eigenvalue weighted by Gasteiger charge is -2.11. The first kappa shape index (κ1) is 21.0. The van der Waals surface area contributed by atoms with Crippen molar-refractivity contribution in [3.63, 3.8) is 0 Å². The Morgan fingerprint density at radius 3 is 2.78 bits per heavy atom. The van der Waals surface area contributed by atoms with Crippen LogP contribution in [0, 0.1) is 6.92 Å². The molecule has 4 aromatic rings. The Kier molecular flexibility index (Phi) is 6.36. The third kappa shape index (κ3) is 5.07. The lowest BCUT2D eigenvalue weighted by atomic mass is 10.0. The van der Waals surface area contributed by atoms with Crippen LogP contribution in [0.3, 0.4) is 0 Å². The van der Waals surface area contributed by atoms with Crippen molar-refractivity contribution in [1.29, 1.82) is 0 Å². The van der Waals surface area contributed by atoms with E-state index in [2.05, 4.69) is 32.1 Å². The Morgan fingerprint density at radius 1 is 1.12 bits per heavy atom. The predicted octanol–water partition coefficient (Wildman–Crippen LogP) is 4.58. The minimum absolute atomic E-state index is 0.138. The molecule has 0 bridgehead atoms. The van der Waals surface area contributed by atoms with Crippen molar-refractivity contribution >= 4 is 11.7 Å². The third-order valence-electron chi connectivity index (χ3n) is 4.85. The predicted molar refractivity (Wildman–Crippen MR) is 124 cm³/mol. The van der Waals surface area contributed by atoms with E-state index < -0.39 is 5.91 Å². The van der Waals surface area contributed by atoms with E-state index in [0.29, 0.717) is 24.7 Å². The van der Waals surface area contributed by atoms with Crippen LogP contribution in [0.5, 0.6) is 5.75 Å². The zero-order chi connectivity index (χ0) is 22.3. The number of rotatable bonds is 8. The Balaban J connectivity index is 1.49. The van der Waals surface area contributed by atoms with Gasteiger partial charge >= 0.3 is 0 Å². The van der Waals surface area contributed by atoms with Gasteiger partial charge in [-0.05, 0) is 53.4 Å². The maximum atomic E-state index is 12.7. The molecule has 2 aromatic heterocycles. The zero-order valence-electron chi connectivity index (χ0n) is 17.7. The number of aryl methyl sites for hydroxylation is 1. The number of nitrogens with one attached hydrogen (secondary N) is 2. The van der Waals surface area contributed by atoms with Crippen molar-refractivity contribution < 1.29 is 9.53 Å². The number of H-pyrrole nitrogens is 1. The summed E-state index contributed by atoms with van der Waals surface area (Å²) in [6.07, 6.45) is 3.93. The van der Waals surface area contributed by atoms with E-state index in [4.69, 9.17) is 4.74 Å². The first-order chi connectivity index (χ1) is 15.6. The molecule has 32 heavy (non-hydrogen) atoms. The topological polar surface area (TPSA) is 92.8 Å². The molecule has 160 valence electrons. The Morgan fingerprint density at radius 2 is 1.97 bits per heavy atom. The maximum absolute atomic E-state index is 12.7. The number of aromatic amines is 1. The molecule has 0 unspecified atom stereocenters. The highest BCUT2D eigenvalue weighted by Crippen LogP contribution is 2.29. The van der Waals surface area contributed by atoms with Crippen LogP contribution in [0.2, 0.25) is 0 Å². The Labute approximate surface area is 186 Å². The molecule has 0 saturated carbocycles. The van der Waals surface area contributed by atoms with Crippen LogP contribution in [0.4, 0.5) is 5.82 Å². The SMILES string of the molecule is C=CCOc1ccc(C)c(-c2ccnc(NC(=O)c3nnc(Cc4ccccc4)[nH]3)c2)c1. The van der Waals surface area contributed by atoms with Crippen molar-refractivity contribution in [3.8, 4) is 16.9 Å². The molecule has 0 spiro atoms. The second-order valence-electron chi connectivity index (χ2n) is 7.24. The summed E-state index contributed by atoms with van der Waals surface area (Å²) in [7, 11) is 0. The molecule has 1 amide bonds. The van der Waals surface area contributed by atoms with Crippen molar-refractivity contribution in [1.82, 2.24) is 20.2 Å². The highest BCUT2D eigenvalue weighted by Gasteiger charge is 2.14. The maximum Gasteiger partial charge on any atom is 0.294 e. The second kappa shape index (κ2) is 9.70. The van der Waals surface area contributed by atoms with Gasteiger partial charge in [-0.25, -0.2) is 4.98 Å². The first-order valence-electron chi connectivity index (χ1n) is 10.2. The number of nitrogens with zero attached hydrogens (tertiary/aromatic N) is 3. The van der Waals surface area contributed by atoms with E-state index in [1.807, 2.05) is 67.6 Å². The van der Waals surface area contributed by atoms with Gasteiger partial charge in [0.15, 0.2) is 0 Å². The molecule has 2 N–H and O–H groups in total. The van der Waals surface area contributed by atoms with Gasteiger partial charge < -0.3 is 15.0 Å². The highest BCUT2D eigenvalue weighted by molar-refractivity contribution is 6.01. The minimum atomic E-state index is -0.402. The summed E-state index contributed by atoms with van der Waals surface area (Å²) >= 11 is 0. The number of hydrogen-bond acceptors (Lipinski definition) is 5. The van der Waals surface area contributed by atoms with Crippen LogP contribution in [0.15, 0.2) is 79.5 Å². The van der Waals surface area contributed by atoms with Crippen molar-refractivity contribution in [3.05, 3.63) is 102 Å². The largest absolute Gasteiger partial charge is 0.490 e. The number of carbonyl (C=O) groups excluding carboxylic acids is 1.